The number of aromatic nitrogens is 1. The van der Waals surface area contributed by atoms with Crippen LogP contribution in [-0.2, 0) is 9.53 Å². The van der Waals surface area contributed by atoms with Crippen molar-refractivity contribution in [2.75, 3.05) is 41.4 Å². The largest absolute Gasteiger partial charge is 0.378 e. The summed E-state index contributed by atoms with van der Waals surface area (Å²) in [5.74, 6) is 0.374. The van der Waals surface area contributed by atoms with Crippen molar-refractivity contribution in [2.45, 2.75) is 33.0 Å². The number of nitrogens with one attached hydrogen (secondary N) is 1. The Labute approximate surface area is 171 Å². The first kappa shape index (κ1) is 19.7. The lowest BCUT2D eigenvalue weighted by Gasteiger charge is -2.43. The molecule has 29 heavy (non-hydrogen) atoms. The molecule has 1 aromatic carbocycles. The van der Waals surface area contributed by atoms with E-state index in [2.05, 4.69) is 21.3 Å². The number of carbonyl (C=O) groups is 1. The molecule has 3 unspecified atom stereocenters. The summed E-state index contributed by atoms with van der Waals surface area (Å²) in [6, 6.07) is 11.8. The molecule has 7 heteroatoms. The summed E-state index contributed by atoms with van der Waals surface area (Å²) in [5.41, 5.74) is 3.75. The lowest BCUT2D eigenvalue weighted by molar-refractivity contribution is -0.119. The first-order valence-electron chi connectivity index (χ1n) is 10.1. The molecule has 0 bridgehead atoms. The van der Waals surface area contributed by atoms with Crippen LogP contribution in [0.5, 0.6) is 0 Å². The first-order valence-corrected chi connectivity index (χ1v) is 10.1. The minimum absolute atomic E-state index is 0.170. The third-order valence-corrected chi connectivity index (χ3v) is 5.77. The highest BCUT2D eigenvalue weighted by molar-refractivity contribution is 5.94. The van der Waals surface area contributed by atoms with Gasteiger partial charge in [0.1, 0.15) is 12.0 Å². The van der Waals surface area contributed by atoms with Gasteiger partial charge in [-0.15, -0.1) is 0 Å². The number of aliphatic hydroxyl groups is 1. The fourth-order valence-electron chi connectivity index (χ4n) is 4.21. The molecule has 7 nitrogen and oxygen atoms in total. The third-order valence-electron chi connectivity index (χ3n) is 5.77. The number of pyridine rings is 1. The molecule has 0 aliphatic carbocycles. The second kappa shape index (κ2) is 8.00. The fourth-order valence-corrected chi connectivity index (χ4v) is 4.21. The standard InChI is InChI=1S/C22H28N4O3/c1-14-5-4-6-20(23-14)24-21-15(2)22(28)26(16(3)27)19-8-7-17(13-18(19)21)25-9-11-29-12-10-25/h4-8,13,15,21-22,28H,9-12H2,1-3H3,(H,23,24). The molecule has 1 saturated heterocycles. The first-order chi connectivity index (χ1) is 14.0. The molecular formula is C22H28N4O3. The minimum Gasteiger partial charge on any atom is -0.378 e. The van der Waals surface area contributed by atoms with Crippen molar-refractivity contribution in [3.63, 3.8) is 0 Å². The minimum atomic E-state index is -0.906. The van der Waals surface area contributed by atoms with Crippen LogP contribution in [0.2, 0.25) is 0 Å². The van der Waals surface area contributed by atoms with Crippen LogP contribution in [0.4, 0.5) is 17.2 Å². The number of fused-ring (bicyclic) bond motifs is 1. The number of hydrogen-bond acceptors (Lipinski definition) is 6. The van der Waals surface area contributed by atoms with E-state index in [0.717, 1.165) is 41.5 Å². The molecule has 1 aromatic heterocycles. The van der Waals surface area contributed by atoms with Crippen LogP contribution in [0.1, 0.15) is 31.1 Å². The molecule has 2 N–H and O–H groups in total. The van der Waals surface area contributed by atoms with Gasteiger partial charge in [-0.25, -0.2) is 4.98 Å². The zero-order valence-electron chi connectivity index (χ0n) is 17.1. The number of ether oxygens (including phenoxy) is 1. The van der Waals surface area contributed by atoms with Gasteiger partial charge in [0.15, 0.2) is 0 Å². The van der Waals surface area contributed by atoms with Gasteiger partial charge in [-0.1, -0.05) is 13.0 Å². The van der Waals surface area contributed by atoms with Crippen LogP contribution in [-0.4, -0.2) is 48.5 Å². The smallest absolute Gasteiger partial charge is 0.225 e. The number of morpholine rings is 1. The highest BCUT2D eigenvalue weighted by Crippen LogP contribution is 2.43. The van der Waals surface area contributed by atoms with Gasteiger partial charge in [0.05, 0.1) is 24.9 Å². The van der Waals surface area contributed by atoms with Crippen molar-refractivity contribution >= 4 is 23.1 Å². The number of rotatable bonds is 3. The summed E-state index contributed by atoms with van der Waals surface area (Å²) in [6.45, 7) is 8.49. The van der Waals surface area contributed by atoms with Crippen LogP contribution >= 0.6 is 0 Å². The van der Waals surface area contributed by atoms with Crippen LogP contribution in [0.15, 0.2) is 36.4 Å². The lowest BCUT2D eigenvalue weighted by Crippen LogP contribution is -2.50. The SMILES string of the molecule is CC(=O)N1c2ccc(N3CCOCC3)cc2C(Nc2cccc(C)n2)C(C)C1O. The number of carbonyl (C=O) groups excluding carboxylic acids is 1. The predicted octanol–water partition coefficient (Wildman–Crippen LogP) is 2.70. The molecule has 1 fully saturated rings. The molecule has 0 radical (unpaired) electrons. The van der Waals surface area contributed by atoms with Gasteiger partial charge < -0.3 is 20.1 Å². The van der Waals surface area contributed by atoms with E-state index in [9.17, 15) is 9.90 Å². The van der Waals surface area contributed by atoms with Crippen molar-refractivity contribution in [3.05, 3.63) is 47.7 Å². The summed E-state index contributed by atoms with van der Waals surface area (Å²) in [4.78, 5) is 20.7. The fraction of sp³-hybridized carbons (Fsp3) is 0.455. The Morgan fingerprint density at radius 1 is 1.24 bits per heavy atom. The van der Waals surface area contributed by atoms with Gasteiger partial charge in [0, 0.05) is 42.9 Å². The van der Waals surface area contributed by atoms with Crippen molar-refractivity contribution in [1.82, 2.24) is 4.98 Å². The monoisotopic (exact) mass is 396 g/mol. The van der Waals surface area contributed by atoms with Crippen LogP contribution < -0.4 is 15.1 Å². The molecule has 1 amide bonds. The molecule has 3 atom stereocenters. The van der Waals surface area contributed by atoms with E-state index in [1.165, 1.54) is 11.8 Å². The third kappa shape index (κ3) is 3.80. The molecule has 3 heterocycles. The van der Waals surface area contributed by atoms with Gasteiger partial charge in [-0.05, 0) is 37.3 Å². The Balaban J connectivity index is 1.76. The lowest BCUT2D eigenvalue weighted by atomic mass is 9.86. The highest BCUT2D eigenvalue weighted by atomic mass is 16.5. The molecule has 2 aliphatic heterocycles. The number of nitrogens with zero attached hydrogens (tertiary/aromatic N) is 3. The van der Waals surface area contributed by atoms with Crippen molar-refractivity contribution < 1.29 is 14.6 Å². The van der Waals surface area contributed by atoms with Gasteiger partial charge in [-0.3, -0.25) is 9.69 Å². The highest BCUT2D eigenvalue weighted by Gasteiger charge is 2.40. The van der Waals surface area contributed by atoms with Gasteiger partial charge in [-0.2, -0.15) is 0 Å². The molecule has 0 saturated carbocycles. The quantitative estimate of drug-likeness (QED) is 0.831. The number of aliphatic hydroxyl groups excluding tert-OH is 1. The molecule has 4 rings (SSSR count). The predicted molar refractivity (Wildman–Crippen MR) is 113 cm³/mol. The normalized spacial score (nSPS) is 24.2. The Bertz CT molecular complexity index is 897. The second-order valence-electron chi connectivity index (χ2n) is 7.79. The Hall–Kier alpha value is -2.64. The van der Waals surface area contributed by atoms with Crippen molar-refractivity contribution in [1.29, 1.82) is 0 Å². The summed E-state index contributed by atoms with van der Waals surface area (Å²) >= 11 is 0. The Morgan fingerprint density at radius 3 is 2.69 bits per heavy atom. The molecule has 2 aromatic rings. The Kier molecular flexibility index (Phi) is 5.43. The van der Waals surface area contributed by atoms with Crippen LogP contribution in [0, 0.1) is 12.8 Å². The Morgan fingerprint density at radius 2 is 2.00 bits per heavy atom. The summed E-state index contributed by atoms with van der Waals surface area (Å²) in [5, 5.41) is 14.4. The second-order valence-corrected chi connectivity index (χ2v) is 7.79. The van der Waals surface area contributed by atoms with Crippen LogP contribution in [0.3, 0.4) is 0 Å². The molecule has 0 spiro atoms. The van der Waals surface area contributed by atoms with E-state index in [4.69, 9.17) is 4.74 Å². The van der Waals surface area contributed by atoms with E-state index < -0.39 is 6.23 Å². The van der Waals surface area contributed by atoms with Gasteiger partial charge in [0.25, 0.3) is 0 Å². The van der Waals surface area contributed by atoms with Crippen molar-refractivity contribution in [3.8, 4) is 0 Å². The molecular weight excluding hydrogens is 368 g/mol. The van der Waals surface area contributed by atoms with E-state index in [1.54, 1.807) is 0 Å². The van der Waals surface area contributed by atoms with E-state index >= 15 is 0 Å². The zero-order valence-corrected chi connectivity index (χ0v) is 17.1. The van der Waals surface area contributed by atoms with E-state index in [-0.39, 0.29) is 17.9 Å². The average Bonchev–Trinajstić information content (AvgIpc) is 2.72. The maximum atomic E-state index is 12.3. The average molecular weight is 396 g/mol. The molecule has 2 aliphatic rings. The van der Waals surface area contributed by atoms with E-state index in [1.807, 2.05) is 44.2 Å². The number of benzene rings is 1. The maximum absolute atomic E-state index is 12.3. The van der Waals surface area contributed by atoms with E-state index in [0.29, 0.717) is 13.2 Å². The van der Waals surface area contributed by atoms with Gasteiger partial charge >= 0.3 is 0 Å². The van der Waals surface area contributed by atoms with Gasteiger partial charge in [0.2, 0.25) is 5.91 Å². The number of amides is 1. The van der Waals surface area contributed by atoms with Crippen LogP contribution in [0.25, 0.3) is 0 Å². The summed E-state index contributed by atoms with van der Waals surface area (Å²) < 4.78 is 5.48. The number of anilines is 3. The zero-order chi connectivity index (χ0) is 20.5. The topological polar surface area (TPSA) is 77.9 Å². The summed E-state index contributed by atoms with van der Waals surface area (Å²) in [6.07, 6.45) is -0.906. The molecule has 154 valence electrons. The number of hydrogen-bond donors (Lipinski definition) is 2. The maximum Gasteiger partial charge on any atom is 0.225 e. The number of aryl methyl sites for hydroxylation is 1. The van der Waals surface area contributed by atoms with Crippen molar-refractivity contribution in [2.24, 2.45) is 5.92 Å². The summed E-state index contributed by atoms with van der Waals surface area (Å²) in [7, 11) is 0.